The first-order valence-electron chi connectivity index (χ1n) is 9.83. The Labute approximate surface area is 182 Å². The van der Waals surface area contributed by atoms with Gasteiger partial charge >= 0.3 is 5.97 Å². The van der Waals surface area contributed by atoms with Gasteiger partial charge in [0.2, 0.25) is 5.76 Å². The zero-order valence-corrected chi connectivity index (χ0v) is 16.6. The maximum Gasteiger partial charge on any atom is 0.379 e. The molecule has 1 aromatic heterocycles. The normalized spacial score (nSPS) is 12.5. The quantitative estimate of drug-likeness (QED) is 0.231. The van der Waals surface area contributed by atoms with Gasteiger partial charge in [-0.1, -0.05) is 36.4 Å². The number of carbonyl (C=O) groups is 3. The molecule has 0 amide bonds. The average molecular weight is 421 g/mol. The molecule has 154 valence electrons. The van der Waals surface area contributed by atoms with Gasteiger partial charge < -0.3 is 9.15 Å². The summed E-state index contributed by atoms with van der Waals surface area (Å²) in [6.07, 6.45) is 2.99. The Bertz CT molecular complexity index is 1380. The van der Waals surface area contributed by atoms with Crippen LogP contribution in [-0.4, -0.2) is 23.8 Å². The van der Waals surface area contributed by atoms with Crippen molar-refractivity contribution in [2.75, 3.05) is 0 Å². The number of fused-ring (bicyclic) bond motifs is 2. The number of hydrogen-bond donors (Lipinski definition) is 0. The number of furan rings is 1. The number of nitrogens with zero attached hydrogens (tertiary/aromatic N) is 1. The van der Waals surface area contributed by atoms with Crippen molar-refractivity contribution in [1.82, 2.24) is 0 Å². The number of esters is 1. The van der Waals surface area contributed by atoms with Crippen LogP contribution in [0.15, 0.2) is 94.5 Å². The molecular formula is C26H15NO5. The molecule has 6 nitrogen and oxygen atoms in total. The Morgan fingerprint density at radius 2 is 1.50 bits per heavy atom. The summed E-state index contributed by atoms with van der Waals surface area (Å²) in [5, 5.41) is 0. The molecule has 0 N–H and O–H groups in total. The third-order valence-electron chi connectivity index (χ3n) is 5.10. The molecule has 0 atom stereocenters. The minimum Gasteiger partial charge on any atom is -0.457 e. The van der Waals surface area contributed by atoms with E-state index in [-0.39, 0.29) is 17.3 Å². The van der Waals surface area contributed by atoms with Gasteiger partial charge in [-0.05, 0) is 48.0 Å². The van der Waals surface area contributed by atoms with Gasteiger partial charge in [-0.25, -0.2) is 4.79 Å². The second kappa shape index (κ2) is 7.92. The zero-order valence-electron chi connectivity index (χ0n) is 16.6. The van der Waals surface area contributed by atoms with Gasteiger partial charge in [0.15, 0.2) is 11.6 Å². The Morgan fingerprint density at radius 1 is 0.781 bits per heavy atom. The van der Waals surface area contributed by atoms with E-state index in [1.165, 1.54) is 12.3 Å². The van der Waals surface area contributed by atoms with Crippen LogP contribution in [0.3, 0.4) is 0 Å². The summed E-state index contributed by atoms with van der Waals surface area (Å²) in [4.78, 5) is 42.3. The summed E-state index contributed by atoms with van der Waals surface area (Å²) in [5.41, 5.74) is 2.60. The van der Waals surface area contributed by atoms with Crippen molar-refractivity contribution in [2.24, 2.45) is 4.99 Å². The standard InChI is InChI=1S/C26H15NO5/c28-24-18-5-1-2-6-19(18)25(29)23-20(24)7-3-8-21(23)27-15-16-10-12-17(13-11-16)32-26(30)22-9-4-14-31-22/h1-15H. The van der Waals surface area contributed by atoms with Gasteiger partial charge in [0.1, 0.15) is 5.75 Å². The minimum atomic E-state index is -0.587. The molecular weight excluding hydrogens is 406 g/mol. The van der Waals surface area contributed by atoms with E-state index in [2.05, 4.69) is 4.99 Å². The number of ether oxygens (including phenoxy) is 1. The predicted molar refractivity (Wildman–Crippen MR) is 117 cm³/mol. The van der Waals surface area contributed by atoms with E-state index in [0.29, 0.717) is 33.7 Å². The van der Waals surface area contributed by atoms with Gasteiger partial charge in [0.05, 0.1) is 17.5 Å². The first-order chi connectivity index (χ1) is 15.6. The summed E-state index contributed by atoms with van der Waals surface area (Å²) in [6.45, 7) is 0. The molecule has 0 unspecified atom stereocenters. The summed E-state index contributed by atoms with van der Waals surface area (Å²) >= 11 is 0. The van der Waals surface area contributed by atoms with Gasteiger partial charge in [-0.3, -0.25) is 14.6 Å². The smallest absolute Gasteiger partial charge is 0.379 e. The molecule has 0 radical (unpaired) electrons. The van der Waals surface area contributed by atoms with Crippen molar-refractivity contribution in [2.45, 2.75) is 0 Å². The number of ketones is 2. The molecule has 32 heavy (non-hydrogen) atoms. The summed E-state index contributed by atoms with van der Waals surface area (Å²) in [6, 6.07) is 21.7. The highest BCUT2D eigenvalue weighted by Crippen LogP contribution is 2.33. The number of hydrogen-bond acceptors (Lipinski definition) is 6. The van der Waals surface area contributed by atoms with Crippen molar-refractivity contribution in [1.29, 1.82) is 0 Å². The van der Waals surface area contributed by atoms with Crippen LogP contribution in [0.1, 0.15) is 48.0 Å². The van der Waals surface area contributed by atoms with E-state index in [1.807, 2.05) is 0 Å². The van der Waals surface area contributed by atoms with E-state index < -0.39 is 5.97 Å². The number of rotatable bonds is 4. The van der Waals surface area contributed by atoms with Crippen molar-refractivity contribution >= 4 is 29.4 Å². The van der Waals surface area contributed by atoms with E-state index in [1.54, 1.807) is 79.0 Å². The molecule has 6 heteroatoms. The molecule has 4 aromatic rings. The SMILES string of the molecule is O=C(Oc1ccc(C=Nc2cccc3c2C(=O)c2ccccc2C3=O)cc1)c1ccco1. The fraction of sp³-hybridized carbons (Fsp3) is 0. The topological polar surface area (TPSA) is 85.9 Å². The lowest BCUT2D eigenvalue weighted by atomic mass is 9.83. The van der Waals surface area contributed by atoms with Crippen LogP contribution in [0.5, 0.6) is 5.75 Å². The largest absolute Gasteiger partial charge is 0.457 e. The summed E-state index contributed by atoms with van der Waals surface area (Å²) < 4.78 is 10.3. The molecule has 5 rings (SSSR count). The highest BCUT2D eigenvalue weighted by Gasteiger charge is 2.31. The first-order valence-corrected chi connectivity index (χ1v) is 9.83. The minimum absolute atomic E-state index is 0.116. The van der Waals surface area contributed by atoms with Gasteiger partial charge in [0.25, 0.3) is 0 Å². The van der Waals surface area contributed by atoms with Crippen molar-refractivity contribution in [3.8, 4) is 5.75 Å². The van der Waals surface area contributed by atoms with E-state index in [9.17, 15) is 14.4 Å². The van der Waals surface area contributed by atoms with Crippen LogP contribution in [-0.2, 0) is 0 Å². The Hall–Kier alpha value is -4.58. The summed E-state index contributed by atoms with van der Waals surface area (Å²) in [5.74, 6) is -0.516. The molecule has 0 saturated heterocycles. The van der Waals surface area contributed by atoms with Crippen molar-refractivity contribution in [3.63, 3.8) is 0 Å². The fourth-order valence-corrected chi connectivity index (χ4v) is 3.55. The highest BCUT2D eigenvalue weighted by atomic mass is 16.5. The lowest BCUT2D eigenvalue weighted by molar-refractivity contribution is 0.0701. The molecule has 0 bridgehead atoms. The molecule has 1 aliphatic carbocycles. The second-order valence-electron chi connectivity index (χ2n) is 7.10. The first kappa shape index (κ1) is 19.4. The molecule has 3 aromatic carbocycles. The molecule has 0 saturated carbocycles. The fourth-order valence-electron chi connectivity index (χ4n) is 3.55. The second-order valence-corrected chi connectivity index (χ2v) is 7.10. The summed E-state index contributed by atoms with van der Waals surface area (Å²) in [7, 11) is 0. The van der Waals surface area contributed by atoms with Gasteiger partial charge in [-0.2, -0.15) is 0 Å². The lowest BCUT2D eigenvalue weighted by Gasteiger charge is -2.18. The number of aliphatic imine (C=N–C) groups is 1. The van der Waals surface area contributed by atoms with Crippen LogP contribution >= 0.6 is 0 Å². The third kappa shape index (κ3) is 3.44. The Kier molecular flexibility index (Phi) is 4.80. The molecule has 1 aliphatic rings. The maximum absolute atomic E-state index is 13.0. The molecule has 1 heterocycles. The maximum atomic E-state index is 13.0. The van der Waals surface area contributed by atoms with Crippen molar-refractivity contribution < 1.29 is 23.5 Å². The van der Waals surface area contributed by atoms with Crippen LogP contribution in [0.25, 0.3) is 0 Å². The lowest BCUT2D eigenvalue weighted by Crippen LogP contribution is -2.20. The van der Waals surface area contributed by atoms with Crippen LogP contribution < -0.4 is 4.74 Å². The van der Waals surface area contributed by atoms with Gasteiger partial charge in [-0.15, -0.1) is 0 Å². The Balaban J connectivity index is 1.39. The molecule has 0 aliphatic heterocycles. The van der Waals surface area contributed by atoms with Crippen LogP contribution in [0.2, 0.25) is 0 Å². The number of benzene rings is 3. The average Bonchev–Trinajstić information content (AvgIpc) is 3.37. The van der Waals surface area contributed by atoms with E-state index in [0.717, 1.165) is 5.56 Å². The Morgan fingerprint density at radius 3 is 2.22 bits per heavy atom. The predicted octanol–water partition coefficient (Wildman–Crippen LogP) is 5.02. The monoisotopic (exact) mass is 421 g/mol. The number of carbonyl (C=O) groups excluding carboxylic acids is 3. The molecule has 0 fully saturated rings. The third-order valence-corrected chi connectivity index (χ3v) is 5.10. The van der Waals surface area contributed by atoms with Crippen LogP contribution in [0, 0.1) is 0 Å². The zero-order chi connectivity index (χ0) is 22.1. The van der Waals surface area contributed by atoms with Crippen molar-refractivity contribution in [3.05, 3.63) is 119 Å². The van der Waals surface area contributed by atoms with E-state index in [4.69, 9.17) is 9.15 Å². The van der Waals surface area contributed by atoms with Gasteiger partial charge in [0, 0.05) is 22.9 Å². The van der Waals surface area contributed by atoms with E-state index >= 15 is 0 Å². The highest BCUT2D eigenvalue weighted by molar-refractivity contribution is 6.30. The molecule has 0 spiro atoms. The van der Waals surface area contributed by atoms with Crippen LogP contribution in [0.4, 0.5) is 5.69 Å².